The van der Waals surface area contributed by atoms with E-state index >= 15 is 0 Å². The van der Waals surface area contributed by atoms with Gasteiger partial charge in [-0.25, -0.2) is 0 Å². The van der Waals surface area contributed by atoms with Gasteiger partial charge in [-0.3, -0.25) is 10.1 Å². The lowest BCUT2D eigenvalue weighted by Gasteiger charge is -2.23. The Kier molecular flexibility index (Phi) is 5.59. The molecule has 1 aromatic rings. The van der Waals surface area contributed by atoms with Gasteiger partial charge in [0, 0.05) is 13.0 Å². The Balaban J connectivity index is 2.58. The number of nitrogens with one attached hydrogen (secondary N) is 1. The highest BCUT2D eigenvalue weighted by atomic mass is 16.6. The van der Waals surface area contributed by atoms with Crippen molar-refractivity contribution in [2.75, 3.05) is 0 Å². The maximum Gasteiger partial charge on any atom is 0.324 e. The minimum absolute atomic E-state index is 0.304. The lowest BCUT2D eigenvalue weighted by atomic mass is 10.1. The van der Waals surface area contributed by atoms with Gasteiger partial charge < -0.3 is 4.74 Å². The van der Waals surface area contributed by atoms with Gasteiger partial charge in [0.25, 0.3) is 0 Å². The molecule has 0 aliphatic rings. The van der Waals surface area contributed by atoms with Crippen LogP contribution in [-0.2, 0) is 16.1 Å². The molecule has 0 spiro atoms. The Morgan fingerprint density at radius 2 is 2.00 bits per heavy atom. The normalized spacial score (nSPS) is 12.5. The molecular formula is C16H21NO2. The first-order chi connectivity index (χ1) is 8.92. The number of hydrogen-bond donors (Lipinski definition) is 1. The molecule has 3 nitrogen and oxygen atoms in total. The molecule has 0 radical (unpaired) electrons. The van der Waals surface area contributed by atoms with Gasteiger partial charge in [0.05, 0.1) is 0 Å². The maximum absolute atomic E-state index is 12.0. The predicted molar refractivity (Wildman–Crippen MR) is 76.4 cm³/mol. The van der Waals surface area contributed by atoms with E-state index in [0.29, 0.717) is 13.0 Å². The van der Waals surface area contributed by atoms with Crippen LogP contribution in [0, 0.1) is 12.3 Å². The van der Waals surface area contributed by atoms with Crippen LogP contribution in [0.25, 0.3) is 0 Å². The molecule has 0 aliphatic heterocycles. The lowest BCUT2D eigenvalue weighted by molar-refractivity contribution is -0.157. The van der Waals surface area contributed by atoms with Gasteiger partial charge in [0.15, 0.2) is 0 Å². The smallest absolute Gasteiger partial charge is 0.324 e. The number of benzene rings is 1. The molecule has 0 aromatic heterocycles. The van der Waals surface area contributed by atoms with Gasteiger partial charge in [-0.05, 0) is 26.3 Å². The van der Waals surface area contributed by atoms with Gasteiger partial charge in [-0.2, -0.15) is 0 Å². The molecule has 0 saturated heterocycles. The van der Waals surface area contributed by atoms with E-state index < -0.39 is 11.6 Å². The van der Waals surface area contributed by atoms with Gasteiger partial charge in [0.2, 0.25) is 0 Å². The SMILES string of the molecule is C#CCC(NCc1ccccc1)C(=O)OC(C)(C)C. The van der Waals surface area contributed by atoms with E-state index in [1.165, 1.54) is 0 Å². The third kappa shape index (κ3) is 6.08. The van der Waals surface area contributed by atoms with Crippen LogP contribution in [-0.4, -0.2) is 17.6 Å². The molecule has 1 atom stereocenters. The van der Waals surface area contributed by atoms with Crippen LogP contribution in [0.5, 0.6) is 0 Å². The van der Waals surface area contributed by atoms with Crippen molar-refractivity contribution in [2.24, 2.45) is 0 Å². The van der Waals surface area contributed by atoms with Crippen molar-refractivity contribution < 1.29 is 9.53 Å². The first-order valence-corrected chi connectivity index (χ1v) is 6.36. The summed E-state index contributed by atoms with van der Waals surface area (Å²) in [5, 5.41) is 3.14. The van der Waals surface area contributed by atoms with Gasteiger partial charge in [0.1, 0.15) is 11.6 Å². The number of hydrogen-bond acceptors (Lipinski definition) is 3. The third-order valence-electron chi connectivity index (χ3n) is 2.41. The molecule has 0 heterocycles. The van der Waals surface area contributed by atoms with Crippen molar-refractivity contribution in [3.63, 3.8) is 0 Å². The summed E-state index contributed by atoms with van der Waals surface area (Å²) in [7, 11) is 0. The molecule has 0 bridgehead atoms. The minimum Gasteiger partial charge on any atom is -0.459 e. The van der Waals surface area contributed by atoms with Gasteiger partial charge in [-0.15, -0.1) is 12.3 Å². The molecule has 1 N–H and O–H groups in total. The first-order valence-electron chi connectivity index (χ1n) is 6.36. The molecule has 0 saturated carbocycles. The maximum atomic E-state index is 12.0. The highest BCUT2D eigenvalue weighted by Crippen LogP contribution is 2.10. The highest BCUT2D eigenvalue weighted by molar-refractivity contribution is 5.76. The molecule has 0 aliphatic carbocycles. The molecule has 102 valence electrons. The monoisotopic (exact) mass is 259 g/mol. The fraction of sp³-hybridized carbons (Fsp3) is 0.438. The molecule has 0 fully saturated rings. The Labute approximate surface area is 115 Å². The summed E-state index contributed by atoms with van der Waals surface area (Å²) in [4.78, 5) is 12.0. The average Bonchev–Trinajstić information content (AvgIpc) is 2.33. The minimum atomic E-state index is -0.502. The standard InChI is InChI=1S/C16H21NO2/c1-5-9-14(15(18)19-16(2,3)4)17-12-13-10-7-6-8-11-13/h1,6-8,10-11,14,17H,9,12H2,2-4H3. The molecule has 1 rings (SSSR count). The summed E-state index contributed by atoms with van der Waals surface area (Å²) < 4.78 is 5.34. The van der Waals surface area contributed by atoms with Crippen molar-refractivity contribution >= 4 is 5.97 Å². The van der Waals surface area contributed by atoms with Crippen molar-refractivity contribution in [1.82, 2.24) is 5.32 Å². The lowest BCUT2D eigenvalue weighted by Crippen LogP contribution is -2.40. The van der Waals surface area contributed by atoms with Crippen LogP contribution < -0.4 is 5.32 Å². The Morgan fingerprint density at radius 3 is 2.53 bits per heavy atom. The third-order valence-corrected chi connectivity index (χ3v) is 2.41. The summed E-state index contributed by atoms with van der Waals surface area (Å²) >= 11 is 0. The van der Waals surface area contributed by atoms with E-state index in [0.717, 1.165) is 5.56 Å². The van der Waals surface area contributed by atoms with Gasteiger partial charge >= 0.3 is 5.97 Å². The quantitative estimate of drug-likeness (QED) is 0.652. The van der Waals surface area contributed by atoms with Crippen LogP contribution in [0.2, 0.25) is 0 Å². The van der Waals surface area contributed by atoms with E-state index in [1.807, 2.05) is 51.1 Å². The van der Waals surface area contributed by atoms with Crippen LogP contribution in [0.4, 0.5) is 0 Å². The second-order valence-electron chi connectivity index (χ2n) is 5.36. The van der Waals surface area contributed by atoms with Crippen molar-refractivity contribution in [1.29, 1.82) is 0 Å². The number of carbonyl (C=O) groups is 1. The summed E-state index contributed by atoms with van der Waals surface area (Å²) in [6, 6.07) is 9.39. The van der Waals surface area contributed by atoms with E-state index in [4.69, 9.17) is 11.2 Å². The molecule has 1 unspecified atom stereocenters. The summed E-state index contributed by atoms with van der Waals surface area (Å²) in [6.07, 6.45) is 5.62. The highest BCUT2D eigenvalue weighted by Gasteiger charge is 2.24. The Bertz CT molecular complexity index is 440. The zero-order valence-electron chi connectivity index (χ0n) is 11.8. The number of carbonyl (C=O) groups excluding carboxylic acids is 1. The number of ether oxygens (including phenoxy) is 1. The molecule has 0 amide bonds. The average molecular weight is 259 g/mol. The molecule has 3 heteroatoms. The fourth-order valence-corrected chi connectivity index (χ4v) is 1.57. The zero-order chi connectivity index (χ0) is 14.3. The Morgan fingerprint density at radius 1 is 1.37 bits per heavy atom. The predicted octanol–water partition coefficient (Wildman–Crippen LogP) is 2.51. The summed E-state index contributed by atoms with van der Waals surface area (Å²) in [5.41, 5.74) is 0.603. The van der Waals surface area contributed by atoms with Crippen molar-refractivity contribution in [3.8, 4) is 12.3 Å². The largest absolute Gasteiger partial charge is 0.459 e. The Hall–Kier alpha value is -1.79. The number of rotatable bonds is 5. The number of esters is 1. The summed E-state index contributed by atoms with van der Waals surface area (Å²) in [5.74, 6) is 2.20. The van der Waals surface area contributed by atoms with Crippen LogP contribution in [0.1, 0.15) is 32.8 Å². The zero-order valence-corrected chi connectivity index (χ0v) is 11.8. The summed E-state index contributed by atoms with van der Waals surface area (Å²) in [6.45, 7) is 6.12. The van der Waals surface area contributed by atoms with E-state index in [-0.39, 0.29) is 5.97 Å². The topological polar surface area (TPSA) is 38.3 Å². The first kappa shape index (κ1) is 15.3. The van der Waals surface area contributed by atoms with E-state index in [1.54, 1.807) is 0 Å². The fourth-order valence-electron chi connectivity index (χ4n) is 1.57. The van der Waals surface area contributed by atoms with E-state index in [9.17, 15) is 4.79 Å². The number of terminal acetylenes is 1. The van der Waals surface area contributed by atoms with Crippen LogP contribution >= 0.6 is 0 Å². The molecule has 1 aromatic carbocycles. The van der Waals surface area contributed by atoms with Crippen molar-refractivity contribution in [3.05, 3.63) is 35.9 Å². The second-order valence-corrected chi connectivity index (χ2v) is 5.36. The van der Waals surface area contributed by atoms with Crippen LogP contribution in [0.3, 0.4) is 0 Å². The van der Waals surface area contributed by atoms with E-state index in [2.05, 4.69) is 11.2 Å². The van der Waals surface area contributed by atoms with Crippen molar-refractivity contribution in [2.45, 2.75) is 45.4 Å². The van der Waals surface area contributed by atoms with Crippen LogP contribution in [0.15, 0.2) is 30.3 Å². The van der Waals surface area contributed by atoms with Gasteiger partial charge in [-0.1, -0.05) is 30.3 Å². The second kappa shape index (κ2) is 6.96. The molecule has 19 heavy (non-hydrogen) atoms. The molecular weight excluding hydrogens is 238 g/mol.